The number of rotatable bonds is 5. The first kappa shape index (κ1) is 17.6. The Labute approximate surface area is 153 Å². The minimum Gasteiger partial charge on any atom is -0.347 e. The standard InChI is InChI=1S/C21H22N4O/c1-14-7-6-10-18(11-14)25-20-12-19(23-16(3)24-20)21(26)22-13-17-9-5-4-8-15(17)2/h4-12H,13H2,1-3H3,(H,22,26)(H,23,24,25). The minimum atomic E-state index is -0.217. The van der Waals surface area contributed by atoms with Crippen LogP contribution < -0.4 is 10.6 Å². The molecule has 1 heterocycles. The summed E-state index contributed by atoms with van der Waals surface area (Å²) in [5.74, 6) is 0.930. The minimum absolute atomic E-state index is 0.217. The number of amides is 1. The van der Waals surface area contributed by atoms with Gasteiger partial charge in [-0.15, -0.1) is 0 Å². The van der Waals surface area contributed by atoms with E-state index in [0.29, 0.717) is 23.9 Å². The number of aromatic nitrogens is 2. The Morgan fingerprint density at radius 2 is 1.77 bits per heavy atom. The number of nitrogens with one attached hydrogen (secondary N) is 2. The van der Waals surface area contributed by atoms with Gasteiger partial charge in [0.15, 0.2) is 0 Å². The molecule has 0 aliphatic rings. The number of aryl methyl sites for hydroxylation is 3. The fourth-order valence-corrected chi connectivity index (χ4v) is 2.69. The van der Waals surface area contributed by atoms with Crippen molar-refractivity contribution in [3.8, 4) is 0 Å². The molecule has 0 aliphatic carbocycles. The molecule has 3 aromatic rings. The number of nitrogens with zero attached hydrogens (tertiary/aromatic N) is 2. The molecule has 0 bridgehead atoms. The van der Waals surface area contributed by atoms with Gasteiger partial charge in [-0.2, -0.15) is 0 Å². The molecule has 3 rings (SSSR count). The van der Waals surface area contributed by atoms with Gasteiger partial charge in [0.1, 0.15) is 17.3 Å². The smallest absolute Gasteiger partial charge is 0.270 e. The highest BCUT2D eigenvalue weighted by Gasteiger charge is 2.11. The summed E-state index contributed by atoms with van der Waals surface area (Å²) in [7, 11) is 0. The molecule has 0 saturated heterocycles. The van der Waals surface area contributed by atoms with Crippen LogP contribution >= 0.6 is 0 Å². The van der Waals surface area contributed by atoms with Crippen molar-refractivity contribution in [1.29, 1.82) is 0 Å². The lowest BCUT2D eigenvalue weighted by atomic mass is 10.1. The summed E-state index contributed by atoms with van der Waals surface area (Å²) in [4.78, 5) is 21.1. The molecule has 1 aromatic heterocycles. The third-order valence-corrected chi connectivity index (χ3v) is 4.06. The van der Waals surface area contributed by atoms with Crippen LogP contribution in [-0.4, -0.2) is 15.9 Å². The largest absolute Gasteiger partial charge is 0.347 e. The Kier molecular flexibility index (Phi) is 5.27. The third kappa shape index (κ3) is 4.45. The van der Waals surface area contributed by atoms with Crippen molar-refractivity contribution < 1.29 is 4.79 Å². The second-order valence-electron chi connectivity index (χ2n) is 6.29. The molecule has 0 unspecified atom stereocenters. The molecular formula is C21H22N4O. The molecule has 2 aromatic carbocycles. The van der Waals surface area contributed by atoms with Gasteiger partial charge in [0.05, 0.1) is 0 Å². The number of hydrogen-bond donors (Lipinski definition) is 2. The van der Waals surface area contributed by atoms with Crippen LogP contribution in [0.15, 0.2) is 54.6 Å². The maximum absolute atomic E-state index is 12.5. The lowest BCUT2D eigenvalue weighted by Crippen LogP contribution is -2.24. The van der Waals surface area contributed by atoms with E-state index in [1.54, 1.807) is 13.0 Å². The molecular weight excluding hydrogens is 324 g/mol. The SMILES string of the molecule is Cc1cccc(Nc2cc(C(=O)NCc3ccccc3C)nc(C)n2)c1. The number of hydrogen-bond acceptors (Lipinski definition) is 4. The zero-order chi connectivity index (χ0) is 18.5. The fourth-order valence-electron chi connectivity index (χ4n) is 2.69. The highest BCUT2D eigenvalue weighted by atomic mass is 16.1. The van der Waals surface area contributed by atoms with Crippen LogP contribution in [0, 0.1) is 20.8 Å². The number of carbonyl (C=O) groups is 1. The van der Waals surface area contributed by atoms with Gasteiger partial charge in [-0.25, -0.2) is 9.97 Å². The maximum Gasteiger partial charge on any atom is 0.270 e. The highest BCUT2D eigenvalue weighted by molar-refractivity contribution is 5.93. The first-order valence-electron chi connectivity index (χ1n) is 8.53. The summed E-state index contributed by atoms with van der Waals surface area (Å²) in [6.45, 7) is 6.30. The van der Waals surface area contributed by atoms with Crippen LogP contribution in [0.3, 0.4) is 0 Å². The van der Waals surface area contributed by atoms with Crippen LogP contribution in [0.5, 0.6) is 0 Å². The van der Waals surface area contributed by atoms with Crippen molar-refractivity contribution in [2.45, 2.75) is 27.3 Å². The normalized spacial score (nSPS) is 10.4. The summed E-state index contributed by atoms with van der Waals surface area (Å²) in [5, 5.41) is 6.16. The second-order valence-corrected chi connectivity index (χ2v) is 6.29. The highest BCUT2D eigenvalue weighted by Crippen LogP contribution is 2.17. The van der Waals surface area contributed by atoms with Crippen LogP contribution in [-0.2, 0) is 6.54 Å². The average Bonchev–Trinajstić information content (AvgIpc) is 2.60. The lowest BCUT2D eigenvalue weighted by Gasteiger charge is -2.10. The molecule has 0 spiro atoms. The first-order valence-corrected chi connectivity index (χ1v) is 8.53. The molecule has 1 amide bonds. The third-order valence-electron chi connectivity index (χ3n) is 4.06. The molecule has 0 aliphatic heterocycles. The molecule has 5 nitrogen and oxygen atoms in total. The zero-order valence-corrected chi connectivity index (χ0v) is 15.2. The topological polar surface area (TPSA) is 66.9 Å². The van der Waals surface area contributed by atoms with E-state index in [9.17, 15) is 4.79 Å². The van der Waals surface area contributed by atoms with E-state index in [0.717, 1.165) is 22.4 Å². The maximum atomic E-state index is 12.5. The molecule has 26 heavy (non-hydrogen) atoms. The molecule has 0 fully saturated rings. The van der Waals surface area contributed by atoms with Crippen molar-refractivity contribution in [1.82, 2.24) is 15.3 Å². The van der Waals surface area contributed by atoms with E-state index in [2.05, 4.69) is 20.6 Å². The Morgan fingerprint density at radius 3 is 2.54 bits per heavy atom. The molecule has 0 atom stereocenters. The summed E-state index contributed by atoms with van der Waals surface area (Å²) in [6, 6.07) is 17.6. The Balaban J connectivity index is 1.74. The van der Waals surface area contributed by atoms with E-state index >= 15 is 0 Å². The number of carbonyl (C=O) groups excluding carboxylic acids is 1. The van der Waals surface area contributed by atoms with Crippen LogP contribution in [0.4, 0.5) is 11.5 Å². The van der Waals surface area contributed by atoms with Crippen molar-refractivity contribution in [2.24, 2.45) is 0 Å². The molecule has 0 saturated carbocycles. The van der Waals surface area contributed by atoms with Crippen molar-refractivity contribution in [2.75, 3.05) is 5.32 Å². The van der Waals surface area contributed by atoms with Gasteiger partial charge in [0.25, 0.3) is 5.91 Å². The van der Waals surface area contributed by atoms with Crippen molar-refractivity contribution in [3.63, 3.8) is 0 Å². The van der Waals surface area contributed by atoms with Gasteiger partial charge < -0.3 is 10.6 Å². The van der Waals surface area contributed by atoms with Crippen LogP contribution in [0.25, 0.3) is 0 Å². The monoisotopic (exact) mass is 346 g/mol. The van der Waals surface area contributed by atoms with Crippen LogP contribution in [0.2, 0.25) is 0 Å². The Morgan fingerprint density at radius 1 is 0.962 bits per heavy atom. The molecule has 132 valence electrons. The Hall–Kier alpha value is -3.21. The van der Waals surface area contributed by atoms with Crippen molar-refractivity contribution >= 4 is 17.4 Å². The summed E-state index contributed by atoms with van der Waals surface area (Å²) in [5.41, 5.74) is 4.66. The number of anilines is 2. The van der Waals surface area contributed by atoms with Gasteiger partial charge in [-0.05, 0) is 49.6 Å². The van der Waals surface area contributed by atoms with Gasteiger partial charge in [-0.1, -0.05) is 36.4 Å². The fraction of sp³-hybridized carbons (Fsp3) is 0.190. The molecule has 2 N–H and O–H groups in total. The van der Waals surface area contributed by atoms with Gasteiger partial charge in [-0.3, -0.25) is 4.79 Å². The Bertz CT molecular complexity index is 937. The summed E-state index contributed by atoms with van der Waals surface area (Å²) >= 11 is 0. The predicted molar refractivity (Wildman–Crippen MR) is 104 cm³/mol. The second kappa shape index (κ2) is 7.78. The molecule has 5 heteroatoms. The summed E-state index contributed by atoms with van der Waals surface area (Å²) < 4.78 is 0. The average molecular weight is 346 g/mol. The van der Waals surface area contributed by atoms with E-state index < -0.39 is 0 Å². The van der Waals surface area contributed by atoms with E-state index in [1.807, 2.05) is 62.4 Å². The van der Waals surface area contributed by atoms with Crippen molar-refractivity contribution in [3.05, 3.63) is 82.8 Å². The first-order chi connectivity index (χ1) is 12.5. The van der Waals surface area contributed by atoms with E-state index in [1.165, 1.54) is 0 Å². The zero-order valence-electron chi connectivity index (χ0n) is 15.2. The quantitative estimate of drug-likeness (QED) is 0.731. The lowest BCUT2D eigenvalue weighted by molar-refractivity contribution is 0.0945. The van der Waals surface area contributed by atoms with Crippen LogP contribution in [0.1, 0.15) is 33.0 Å². The van der Waals surface area contributed by atoms with Gasteiger partial charge in [0.2, 0.25) is 0 Å². The van der Waals surface area contributed by atoms with E-state index in [-0.39, 0.29) is 5.91 Å². The predicted octanol–water partition coefficient (Wildman–Crippen LogP) is 4.08. The summed E-state index contributed by atoms with van der Waals surface area (Å²) in [6.07, 6.45) is 0. The molecule has 0 radical (unpaired) electrons. The van der Waals surface area contributed by atoms with Gasteiger partial charge in [0, 0.05) is 18.3 Å². The van der Waals surface area contributed by atoms with E-state index in [4.69, 9.17) is 0 Å². The van der Waals surface area contributed by atoms with Gasteiger partial charge >= 0.3 is 0 Å². The number of benzene rings is 2.